The van der Waals surface area contributed by atoms with Crippen molar-refractivity contribution in [2.75, 3.05) is 5.32 Å². The molecule has 3 N–H and O–H groups in total. The monoisotopic (exact) mass is 193 g/mol. The van der Waals surface area contributed by atoms with Crippen molar-refractivity contribution in [1.29, 1.82) is 0 Å². The first kappa shape index (κ1) is 7.65. The molecule has 2 atom stereocenters. The standard InChI is InChI=1S/C7H7N5O2/c13-5-6(14)12-1-3-4(9-2-8-3)10-7(12)11-5/h1-2,5-6,13-14H,(H,8,9,10,11). The van der Waals surface area contributed by atoms with Gasteiger partial charge in [0, 0.05) is 6.20 Å². The van der Waals surface area contributed by atoms with Gasteiger partial charge in [-0.2, -0.15) is 4.98 Å². The van der Waals surface area contributed by atoms with E-state index in [1.807, 2.05) is 0 Å². The number of hydrogen-bond donors (Lipinski definition) is 3. The first-order valence-electron chi connectivity index (χ1n) is 4.08. The number of aliphatic hydroxyl groups is 2. The van der Waals surface area contributed by atoms with Crippen LogP contribution in [0.5, 0.6) is 0 Å². The molecule has 0 saturated carbocycles. The Kier molecular flexibility index (Phi) is 1.31. The van der Waals surface area contributed by atoms with Crippen molar-refractivity contribution in [1.82, 2.24) is 19.5 Å². The third kappa shape index (κ3) is 0.847. The maximum absolute atomic E-state index is 9.51. The predicted octanol–water partition coefficient (Wildman–Crippen LogP) is -0.987. The molecular formula is C7H7N5O2. The molecule has 7 nitrogen and oxygen atoms in total. The van der Waals surface area contributed by atoms with Gasteiger partial charge < -0.3 is 15.5 Å². The lowest BCUT2D eigenvalue weighted by atomic mass is 10.4. The number of aliphatic hydroxyl groups excluding tert-OH is 2. The van der Waals surface area contributed by atoms with Crippen LogP contribution in [-0.2, 0) is 0 Å². The molecule has 3 heterocycles. The molecule has 0 fully saturated rings. The van der Waals surface area contributed by atoms with E-state index in [9.17, 15) is 10.2 Å². The molecule has 0 spiro atoms. The first-order chi connectivity index (χ1) is 6.75. The van der Waals surface area contributed by atoms with Gasteiger partial charge in [-0.05, 0) is 0 Å². The van der Waals surface area contributed by atoms with E-state index >= 15 is 0 Å². The molecule has 2 unspecified atom stereocenters. The Morgan fingerprint density at radius 3 is 3.07 bits per heavy atom. The molecular weight excluding hydrogens is 186 g/mol. The fourth-order valence-electron chi connectivity index (χ4n) is 1.47. The highest BCUT2D eigenvalue weighted by Crippen LogP contribution is 2.27. The number of aromatic nitrogens is 4. The summed E-state index contributed by atoms with van der Waals surface area (Å²) < 4.78 is 1.42. The van der Waals surface area contributed by atoms with Crippen LogP contribution in [0.4, 0.5) is 5.95 Å². The van der Waals surface area contributed by atoms with Crippen LogP contribution < -0.4 is 5.32 Å². The molecule has 0 aromatic heterocycles. The van der Waals surface area contributed by atoms with Gasteiger partial charge >= 0.3 is 0 Å². The topological polar surface area (TPSA) is 96.1 Å². The van der Waals surface area contributed by atoms with E-state index in [0.717, 1.165) is 0 Å². The summed E-state index contributed by atoms with van der Waals surface area (Å²) in [7, 11) is 0. The minimum absolute atomic E-state index is 0.387. The van der Waals surface area contributed by atoms with Crippen LogP contribution in [0.15, 0.2) is 12.5 Å². The number of hydrogen-bond acceptors (Lipinski definition) is 6. The van der Waals surface area contributed by atoms with Gasteiger partial charge in [0.15, 0.2) is 18.3 Å². The Labute approximate surface area is 78.4 Å². The van der Waals surface area contributed by atoms with Gasteiger partial charge in [0.25, 0.3) is 0 Å². The van der Waals surface area contributed by atoms with Gasteiger partial charge in [0.05, 0.1) is 0 Å². The molecule has 3 aliphatic heterocycles. The van der Waals surface area contributed by atoms with Crippen molar-refractivity contribution < 1.29 is 10.2 Å². The quantitative estimate of drug-likeness (QED) is 0.497. The highest BCUT2D eigenvalue weighted by Gasteiger charge is 2.30. The number of nitrogens with one attached hydrogen (secondary N) is 1. The molecule has 3 aliphatic rings. The second-order valence-electron chi connectivity index (χ2n) is 3.06. The molecule has 0 saturated heterocycles. The summed E-state index contributed by atoms with van der Waals surface area (Å²) in [4.78, 5) is 11.9. The maximum atomic E-state index is 9.51. The third-order valence-electron chi connectivity index (χ3n) is 2.17. The van der Waals surface area contributed by atoms with Crippen LogP contribution in [0, 0.1) is 0 Å². The van der Waals surface area contributed by atoms with E-state index < -0.39 is 12.5 Å². The fourth-order valence-corrected chi connectivity index (χ4v) is 1.47. The minimum Gasteiger partial charge on any atom is -0.369 e. The molecule has 3 rings (SSSR count). The molecule has 0 amide bonds. The summed E-state index contributed by atoms with van der Waals surface area (Å²) in [6.07, 6.45) is 0.932. The van der Waals surface area contributed by atoms with E-state index in [2.05, 4.69) is 20.3 Å². The second kappa shape index (κ2) is 2.40. The molecule has 0 bridgehead atoms. The molecule has 14 heavy (non-hydrogen) atoms. The van der Waals surface area contributed by atoms with Crippen molar-refractivity contribution in [2.24, 2.45) is 0 Å². The third-order valence-corrected chi connectivity index (χ3v) is 2.17. The Bertz CT molecular complexity index is 456. The lowest BCUT2D eigenvalue weighted by molar-refractivity contribution is 0.00392. The van der Waals surface area contributed by atoms with Crippen molar-refractivity contribution >= 4 is 5.95 Å². The normalized spacial score (nSPS) is 25.0. The number of nitrogens with zero attached hydrogens (tertiary/aromatic N) is 4. The van der Waals surface area contributed by atoms with Gasteiger partial charge in [0.1, 0.15) is 12.0 Å². The van der Waals surface area contributed by atoms with Crippen LogP contribution in [-0.4, -0.2) is 36.0 Å². The van der Waals surface area contributed by atoms with E-state index in [0.29, 0.717) is 17.5 Å². The number of rotatable bonds is 0. The lowest BCUT2D eigenvalue weighted by Crippen LogP contribution is -2.20. The Hall–Kier alpha value is -1.73. The van der Waals surface area contributed by atoms with Gasteiger partial charge in [-0.25, -0.2) is 9.97 Å². The SMILES string of the molecule is OC1Nc2nc3ncnc-3cn2C1O. The molecule has 0 aromatic carbocycles. The highest BCUT2D eigenvalue weighted by atomic mass is 16.4. The minimum atomic E-state index is -1.03. The molecule has 0 radical (unpaired) electrons. The number of imidazole rings is 1. The zero-order valence-electron chi connectivity index (χ0n) is 6.99. The van der Waals surface area contributed by atoms with E-state index in [-0.39, 0.29) is 0 Å². The largest absolute Gasteiger partial charge is 0.369 e. The average Bonchev–Trinajstić information content (AvgIpc) is 2.70. The molecule has 72 valence electrons. The number of anilines is 1. The first-order valence-corrected chi connectivity index (χ1v) is 4.08. The van der Waals surface area contributed by atoms with Gasteiger partial charge in [0.2, 0.25) is 5.95 Å². The highest BCUT2D eigenvalue weighted by molar-refractivity contribution is 5.53. The summed E-state index contributed by atoms with van der Waals surface area (Å²) in [6.45, 7) is 0. The van der Waals surface area contributed by atoms with Crippen molar-refractivity contribution in [3.05, 3.63) is 12.5 Å². The Morgan fingerprint density at radius 2 is 2.21 bits per heavy atom. The van der Waals surface area contributed by atoms with Crippen LogP contribution in [0.2, 0.25) is 0 Å². The number of fused-ring (bicyclic) bond motifs is 2. The van der Waals surface area contributed by atoms with Crippen LogP contribution in [0.1, 0.15) is 6.23 Å². The average molecular weight is 193 g/mol. The van der Waals surface area contributed by atoms with E-state index in [1.54, 1.807) is 6.20 Å². The Morgan fingerprint density at radius 1 is 1.36 bits per heavy atom. The van der Waals surface area contributed by atoms with E-state index in [1.165, 1.54) is 10.9 Å². The summed E-state index contributed by atoms with van der Waals surface area (Å²) in [5, 5.41) is 21.4. The maximum Gasteiger partial charge on any atom is 0.209 e. The van der Waals surface area contributed by atoms with Crippen molar-refractivity contribution in [3.63, 3.8) is 0 Å². The zero-order chi connectivity index (χ0) is 9.71. The Balaban J connectivity index is 2.24. The summed E-state index contributed by atoms with van der Waals surface area (Å²) in [5.74, 6) is 0.878. The fraction of sp³-hybridized carbons (Fsp3) is 0.286. The van der Waals surface area contributed by atoms with Gasteiger partial charge in [-0.15, -0.1) is 0 Å². The second-order valence-corrected chi connectivity index (χ2v) is 3.06. The van der Waals surface area contributed by atoms with Crippen LogP contribution in [0.25, 0.3) is 11.5 Å². The lowest BCUT2D eigenvalue weighted by Gasteiger charge is -2.08. The smallest absolute Gasteiger partial charge is 0.209 e. The van der Waals surface area contributed by atoms with Crippen LogP contribution in [0.3, 0.4) is 0 Å². The van der Waals surface area contributed by atoms with Gasteiger partial charge in [-0.3, -0.25) is 4.57 Å². The van der Waals surface area contributed by atoms with Crippen molar-refractivity contribution in [2.45, 2.75) is 12.5 Å². The summed E-state index contributed by atoms with van der Waals surface area (Å²) >= 11 is 0. The summed E-state index contributed by atoms with van der Waals surface area (Å²) in [6, 6.07) is 0. The summed E-state index contributed by atoms with van der Waals surface area (Å²) in [5.41, 5.74) is 0.587. The molecule has 7 heteroatoms. The van der Waals surface area contributed by atoms with Crippen LogP contribution >= 0.6 is 0 Å². The van der Waals surface area contributed by atoms with Gasteiger partial charge in [-0.1, -0.05) is 0 Å². The molecule has 0 aromatic rings. The zero-order valence-corrected chi connectivity index (χ0v) is 6.99. The predicted molar refractivity (Wildman–Crippen MR) is 45.3 cm³/mol. The van der Waals surface area contributed by atoms with Crippen molar-refractivity contribution in [3.8, 4) is 11.5 Å². The van der Waals surface area contributed by atoms with E-state index in [4.69, 9.17) is 0 Å². The molecule has 0 aliphatic carbocycles.